The summed E-state index contributed by atoms with van der Waals surface area (Å²) < 4.78 is 0. The number of piperidine rings is 2. The predicted octanol–water partition coefficient (Wildman–Crippen LogP) is 2.43. The van der Waals surface area contributed by atoms with E-state index in [9.17, 15) is 14.4 Å². The lowest BCUT2D eigenvalue weighted by Crippen LogP contribution is -2.55. The Morgan fingerprint density at radius 1 is 1.31 bits per heavy atom. The van der Waals surface area contributed by atoms with Crippen LogP contribution in [-0.2, 0) is 16.1 Å². The van der Waals surface area contributed by atoms with E-state index >= 15 is 0 Å². The van der Waals surface area contributed by atoms with E-state index in [1.54, 1.807) is 11.3 Å². The van der Waals surface area contributed by atoms with E-state index in [0.29, 0.717) is 5.92 Å². The minimum absolute atomic E-state index is 0.140. The molecule has 0 unspecified atom stereocenters. The van der Waals surface area contributed by atoms with Gasteiger partial charge in [-0.1, -0.05) is 6.07 Å². The number of nitrogens with zero attached hydrogens (tertiary/aromatic N) is 2. The number of nitrogens with one attached hydrogen (secondary N) is 1. The number of hydrogen-bond donors (Lipinski definition) is 1. The van der Waals surface area contributed by atoms with Crippen LogP contribution in [0.3, 0.4) is 0 Å². The van der Waals surface area contributed by atoms with Crippen molar-refractivity contribution in [3.05, 3.63) is 33.4 Å². The number of carbonyl (C=O) groups is 3. The van der Waals surface area contributed by atoms with E-state index in [4.69, 9.17) is 0 Å². The zero-order valence-corrected chi connectivity index (χ0v) is 16.0. The molecule has 1 N–H and O–H groups in total. The first-order valence-electron chi connectivity index (χ1n) is 8.90. The fourth-order valence-corrected chi connectivity index (χ4v) is 5.53. The standard InChI is InChI=1S/C18H21N3O3S2/c22-16(9-15-17(23)19-18(24)26-15)21-6-1-3-12-10-20(7-5-14(12)21)11-13-4-2-8-25-13/h2,4,8-9,12,14H,1,3,5-7,10-11H2,(H,19,23,24)/b15-9-/t12-,14-/m1/s1. The number of thiophene rings is 1. The van der Waals surface area contributed by atoms with Crippen molar-refractivity contribution in [3.8, 4) is 0 Å². The molecule has 4 rings (SSSR count). The largest absolute Gasteiger partial charge is 0.336 e. The summed E-state index contributed by atoms with van der Waals surface area (Å²) in [5, 5.41) is 3.90. The van der Waals surface area contributed by atoms with Crippen LogP contribution in [0.2, 0.25) is 0 Å². The molecule has 3 aliphatic heterocycles. The van der Waals surface area contributed by atoms with Gasteiger partial charge in [0.25, 0.3) is 11.1 Å². The van der Waals surface area contributed by atoms with Gasteiger partial charge in [-0.05, 0) is 48.4 Å². The van der Waals surface area contributed by atoms with Gasteiger partial charge in [-0.2, -0.15) is 0 Å². The highest BCUT2D eigenvalue weighted by atomic mass is 32.2. The van der Waals surface area contributed by atoms with E-state index < -0.39 is 11.1 Å². The van der Waals surface area contributed by atoms with Crippen LogP contribution in [0.1, 0.15) is 24.1 Å². The summed E-state index contributed by atoms with van der Waals surface area (Å²) in [6.07, 6.45) is 4.43. The molecule has 3 saturated heterocycles. The maximum Gasteiger partial charge on any atom is 0.290 e. The van der Waals surface area contributed by atoms with Gasteiger partial charge >= 0.3 is 0 Å². The average Bonchev–Trinajstić information content (AvgIpc) is 3.23. The van der Waals surface area contributed by atoms with Crippen LogP contribution in [0.25, 0.3) is 0 Å². The third-order valence-electron chi connectivity index (χ3n) is 5.29. The van der Waals surface area contributed by atoms with Crippen molar-refractivity contribution in [1.29, 1.82) is 0 Å². The molecule has 0 radical (unpaired) electrons. The van der Waals surface area contributed by atoms with Gasteiger partial charge in [-0.15, -0.1) is 11.3 Å². The van der Waals surface area contributed by atoms with Crippen molar-refractivity contribution < 1.29 is 14.4 Å². The second-order valence-electron chi connectivity index (χ2n) is 6.96. The normalized spacial score (nSPS) is 28.3. The summed E-state index contributed by atoms with van der Waals surface area (Å²) in [7, 11) is 0. The minimum atomic E-state index is -0.465. The molecule has 26 heavy (non-hydrogen) atoms. The van der Waals surface area contributed by atoms with Gasteiger partial charge in [0, 0.05) is 43.2 Å². The summed E-state index contributed by atoms with van der Waals surface area (Å²) in [5.74, 6) is -0.127. The number of likely N-dealkylation sites (tertiary alicyclic amines) is 2. The Hall–Kier alpha value is -1.64. The quantitative estimate of drug-likeness (QED) is 0.802. The smallest absolute Gasteiger partial charge is 0.290 e. The molecule has 6 nitrogen and oxygen atoms in total. The predicted molar refractivity (Wildman–Crippen MR) is 102 cm³/mol. The van der Waals surface area contributed by atoms with Gasteiger partial charge < -0.3 is 4.90 Å². The van der Waals surface area contributed by atoms with E-state index in [1.807, 2.05) is 4.90 Å². The summed E-state index contributed by atoms with van der Waals surface area (Å²) in [5.41, 5.74) is 0. The van der Waals surface area contributed by atoms with Gasteiger partial charge in [0.2, 0.25) is 5.91 Å². The Balaban J connectivity index is 1.41. The lowest BCUT2D eigenvalue weighted by atomic mass is 9.83. The third-order valence-corrected chi connectivity index (χ3v) is 6.96. The molecule has 1 aromatic rings. The highest BCUT2D eigenvalue weighted by Gasteiger charge is 2.38. The lowest BCUT2D eigenvalue weighted by Gasteiger charge is -2.47. The lowest BCUT2D eigenvalue weighted by molar-refractivity contribution is -0.133. The van der Waals surface area contributed by atoms with Crippen molar-refractivity contribution in [2.45, 2.75) is 31.8 Å². The van der Waals surface area contributed by atoms with Crippen molar-refractivity contribution in [1.82, 2.24) is 15.1 Å². The van der Waals surface area contributed by atoms with Crippen LogP contribution in [0.4, 0.5) is 4.79 Å². The second kappa shape index (κ2) is 7.54. The summed E-state index contributed by atoms with van der Waals surface area (Å²) in [4.78, 5) is 41.7. The Labute approximate surface area is 160 Å². The van der Waals surface area contributed by atoms with Gasteiger partial charge in [-0.3, -0.25) is 24.6 Å². The Bertz CT molecular complexity index is 747. The van der Waals surface area contributed by atoms with Gasteiger partial charge in [0.1, 0.15) is 0 Å². The Morgan fingerprint density at radius 2 is 2.19 bits per heavy atom. The molecule has 3 aliphatic rings. The summed E-state index contributed by atoms with van der Waals surface area (Å²) in [6, 6.07) is 4.49. The highest BCUT2D eigenvalue weighted by Crippen LogP contribution is 2.32. The molecule has 3 fully saturated rings. The minimum Gasteiger partial charge on any atom is -0.336 e. The topological polar surface area (TPSA) is 69.7 Å². The Morgan fingerprint density at radius 3 is 2.92 bits per heavy atom. The number of imide groups is 1. The number of thioether (sulfide) groups is 1. The molecule has 138 valence electrons. The van der Waals surface area contributed by atoms with Crippen LogP contribution in [0.15, 0.2) is 28.5 Å². The van der Waals surface area contributed by atoms with Gasteiger partial charge in [0.15, 0.2) is 0 Å². The third kappa shape index (κ3) is 3.72. The van der Waals surface area contributed by atoms with Gasteiger partial charge in [-0.25, -0.2) is 0 Å². The van der Waals surface area contributed by atoms with E-state index in [2.05, 4.69) is 27.7 Å². The molecule has 4 heterocycles. The number of fused-ring (bicyclic) bond motifs is 1. The number of carbonyl (C=O) groups excluding carboxylic acids is 3. The van der Waals surface area contributed by atoms with Crippen LogP contribution in [0, 0.1) is 5.92 Å². The first kappa shape index (κ1) is 17.8. The molecule has 3 amide bonds. The molecule has 0 spiro atoms. The number of hydrogen-bond acceptors (Lipinski definition) is 6. The van der Waals surface area contributed by atoms with Crippen LogP contribution < -0.4 is 5.32 Å². The molecule has 0 bridgehead atoms. The number of rotatable bonds is 3. The van der Waals surface area contributed by atoms with Crippen LogP contribution in [0.5, 0.6) is 0 Å². The zero-order chi connectivity index (χ0) is 18.1. The molecular weight excluding hydrogens is 370 g/mol. The second-order valence-corrected chi connectivity index (χ2v) is 9.00. The Kier molecular flexibility index (Phi) is 5.15. The van der Waals surface area contributed by atoms with Crippen molar-refractivity contribution >= 4 is 40.2 Å². The fraction of sp³-hybridized carbons (Fsp3) is 0.500. The molecule has 8 heteroatoms. The number of amides is 3. The van der Waals surface area contributed by atoms with E-state index in [-0.39, 0.29) is 16.9 Å². The van der Waals surface area contributed by atoms with Crippen LogP contribution in [-0.4, -0.2) is 52.5 Å². The molecule has 0 saturated carbocycles. The molecule has 2 atom stereocenters. The van der Waals surface area contributed by atoms with E-state index in [1.165, 1.54) is 11.0 Å². The first-order valence-corrected chi connectivity index (χ1v) is 10.6. The summed E-state index contributed by atoms with van der Waals surface area (Å²) in [6.45, 7) is 3.70. The van der Waals surface area contributed by atoms with Crippen molar-refractivity contribution in [3.63, 3.8) is 0 Å². The first-order chi connectivity index (χ1) is 12.6. The zero-order valence-electron chi connectivity index (χ0n) is 14.3. The summed E-state index contributed by atoms with van der Waals surface area (Å²) >= 11 is 2.59. The highest BCUT2D eigenvalue weighted by molar-refractivity contribution is 8.18. The molecule has 0 aliphatic carbocycles. The maximum atomic E-state index is 12.7. The maximum absolute atomic E-state index is 12.7. The SMILES string of the molecule is O=C1NC(=O)/C(=C/C(=O)N2CCC[C@@H]3CN(Cc4cccs4)CC[C@H]32)S1. The van der Waals surface area contributed by atoms with Crippen molar-refractivity contribution in [2.75, 3.05) is 19.6 Å². The van der Waals surface area contributed by atoms with Crippen LogP contribution >= 0.6 is 23.1 Å². The fourth-order valence-electron chi connectivity index (χ4n) is 4.14. The molecular formula is C18H21N3O3S2. The average molecular weight is 392 g/mol. The monoisotopic (exact) mass is 391 g/mol. The molecule has 1 aromatic heterocycles. The van der Waals surface area contributed by atoms with E-state index in [0.717, 1.165) is 57.2 Å². The molecule has 0 aromatic carbocycles. The van der Waals surface area contributed by atoms with Crippen molar-refractivity contribution in [2.24, 2.45) is 5.92 Å². The van der Waals surface area contributed by atoms with Gasteiger partial charge in [0.05, 0.1) is 4.91 Å².